The van der Waals surface area contributed by atoms with E-state index in [1.54, 1.807) is 54.7 Å². The normalized spacial score (nSPS) is 10.9. The van der Waals surface area contributed by atoms with Crippen LogP contribution < -0.4 is 5.32 Å². The molecule has 1 aromatic carbocycles. The standard InChI is InChI=1S/C15H12N2O3/c18-14(11-6-2-1-3-7-11)17-13(15(19)20)10-12-8-4-5-9-16-12/h1-10H,(H,17,18)(H,19,20)/b13-10+. The van der Waals surface area contributed by atoms with Crippen LogP contribution in [0, 0.1) is 0 Å². The molecule has 2 aromatic rings. The fraction of sp³-hybridized carbons (Fsp3) is 0. The number of carbonyl (C=O) groups excluding carboxylic acids is 1. The van der Waals surface area contributed by atoms with Gasteiger partial charge in [0.1, 0.15) is 5.70 Å². The smallest absolute Gasteiger partial charge is 0.352 e. The highest BCUT2D eigenvalue weighted by Gasteiger charge is 2.13. The number of carbonyl (C=O) groups is 2. The van der Waals surface area contributed by atoms with Crippen molar-refractivity contribution >= 4 is 18.0 Å². The van der Waals surface area contributed by atoms with E-state index in [2.05, 4.69) is 10.3 Å². The molecule has 0 spiro atoms. The lowest BCUT2D eigenvalue weighted by Gasteiger charge is -2.05. The number of aliphatic carboxylic acids is 1. The van der Waals surface area contributed by atoms with Crippen molar-refractivity contribution in [2.24, 2.45) is 0 Å². The van der Waals surface area contributed by atoms with E-state index in [-0.39, 0.29) is 5.70 Å². The summed E-state index contributed by atoms with van der Waals surface area (Å²) in [6, 6.07) is 13.5. The van der Waals surface area contributed by atoms with E-state index in [0.29, 0.717) is 11.3 Å². The zero-order valence-corrected chi connectivity index (χ0v) is 10.5. The number of aromatic nitrogens is 1. The van der Waals surface area contributed by atoms with E-state index in [0.717, 1.165) is 0 Å². The Balaban J connectivity index is 2.21. The second-order valence-corrected chi connectivity index (χ2v) is 3.94. The summed E-state index contributed by atoms with van der Waals surface area (Å²) >= 11 is 0. The lowest BCUT2D eigenvalue weighted by molar-refractivity contribution is -0.132. The molecule has 0 aliphatic carbocycles. The molecule has 5 nitrogen and oxygen atoms in total. The molecule has 2 N–H and O–H groups in total. The average Bonchev–Trinajstić information content (AvgIpc) is 2.48. The van der Waals surface area contributed by atoms with Crippen LogP contribution in [0.3, 0.4) is 0 Å². The van der Waals surface area contributed by atoms with Crippen LogP contribution in [0.2, 0.25) is 0 Å². The van der Waals surface area contributed by atoms with Crippen molar-refractivity contribution in [2.75, 3.05) is 0 Å². The lowest BCUT2D eigenvalue weighted by atomic mass is 10.2. The zero-order chi connectivity index (χ0) is 14.4. The Morgan fingerprint density at radius 1 is 1.05 bits per heavy atom. The summed E-state index contributed by atoms with van der Waals surface area (Å²) in [6.45, 7) is 0. The van der Waals surface area contributed by atoms with Gasteiger partial charge >= 0.3 is 5.97 Å². The Labute approximate surface area is 115 Å². The minimum Gasteiger partial charge on any atom is -0.477 e. The first kappa shape index (κ1) is 13.5. The summed E-state index contributed by atoms with van der Waals surface area (Å²) in [6.07, 6.45) is 2.85. The van der Waals surface area contributed by atoms with Crippen LogP contribution in [0.4, 0.5) is 0 Å². The largest absolute Gasteiger partial charge is 0.477 e. The number of carboxylic acids is 1. The molecule has 0 fully saturated rings. The van der Waals surface area contributed by atoms with E-state index in [9.17, 15) is 9.59 Å². The number of amides is 1. The molecule has 0 aliphatic rings. The van der Waals surface area contributed by atoms with Crippen LogP contribution in [0.5, 0.6) is 0 Å². The molecular formula is C15H12N2O3. The highest BCUT2D eigenvalue weighted by Crippen LogP contribution is 2.04. The van der Waals surface area contributed by atoms with Gasteiger partial charge in [0.15, 0.2) is 0 Å². The average molecular weight is 268 g/mol. The molecule has 100 valence electrons. The quantitative estimate of drug-likeness (QED) is 0.830. The summed E-state index contributed by atoms with van der Waals surface area (Å²) in [4.78, 5) is 27.1. The molecule has 0 atom stereocenters. The van der Waals surface area contributed by atoms with Gasteiger partial charge in [-0.1, -0.05) is 24.3 Å². The van der Waals surface area contributed by atoms with Gasteiger partial charge in [0.05, 0.1) is 5.69 Å². The maximum absolute atomic E-state index is 11.9. The van der Waals surface area contributed by atoms with Crippen molar-refractivity contribution in [2.45, 2.75) is 0 Å². The van der Waals surface area contributed by atoms with Gasteiger partial charge in [-0.2, -0.15) is 0 Å². The fourth-order valence-electron chi connectivity index (χ4n) is 1.54. The van der Waals surface area contributed by atoms with Gasteiger partial charge in [-0.15, -0.1) is 0 Å². The predicted octanol–water partition coefficient (Wildman–Crippen LogP) is 1.94. The first-order valence-electron chi connectivity index (χ1n) is 5.89. The van der Waals surface area contributed by atoms with Gasteiger partial charge < -0.3 is 10.4 Å². The van der Waals surface area contributed by atoms with Gasteiger partial charge in [0, 0.05) is 11.8 Å². The van der Waals surface area contributed by atoms with Crippen molar-refractivity contribution in [1.82, 2.24) is 10.3 Å². The summed E-state index contributed by atoms with van der Waals surface area (Å²) in [5.74, 6) is -1.70. The number of pyridine rings is 1. The van der Waals surface area contributed by atoms with Crippen LogP contribution in [0.15, 0.2) is 60.4 Å². The third-order valence-corrected chi connectivity index (χ3v) is 2.49. The van der Waals surface area contributed by atoms with Gasteiger partial charge in [0.25, 0.3) is 5.91 Å². The Kier molecular flexibility index (Phi) is 4.24. The zero-order valence-electron chi connectivity index (χ0n) is 10.5. The third kappa shape index (κ3) is 3.52. The molecule has 0 radical (unpaired) electrons. The summed E-state index contributed by atoms with van der Waals surface area (Å²) in [7, 11) is 0. The van der Waals surface area contributed by atoms with Gasteiger partial charge in [-0.3, -0.25) is 9.78 Å². The first-order valence-corrected chi connectivity index (χ1v) is 5.89. The molecule has 1 heterocycles. The fourth-order valence-corrected chi connectivity index (χ4v) is 1.54. The Hall–Kier alpha value is -2.95. The second kappa shape index (κ2) is 6.29. The molecule has 1 amide bonds. The molecule has 1 aromatic heterocycles. The number of nitrogens with zero attached hydrogens (tertiary/aromatic N) is 1. The first-order chi connectivity index (χ1) is 9.66. The number of rotatable bonds is 4. The molecule has 2 rings (SSSR count). The molecule has 0 saturated carbocycles. The molecule has 0 unspecified atom stereocenters. The van der Waals surface area contributed by atoms with Crippen molar-refractivity contribution in [3.05, 3.63) is 71.7 Å². The van der Waals surface area contributed by atoms with Crippen LogP contribution in [0.1, 0.15) is 16.1 Å². The van der Waals surface area contributed by atoms with E-state index in [1.165, 1.54) is 6.08 Å². The van der Waals surface area contributed by atoms with E-state index in [4.69, 9.17) is 5.11 Å². The summed E-state index contributed by atoms with van der Waals surface area (Å²) < 4.78 is 0. The van der Waals surface area contributed by atoms with Crippen LogP contribution >= 0.6 is 0 Å². The maximum atomic E-state index is 11.9. The lowest BCUT2D eigenvalue weighted by Crippen LogP contribution is -2.27. The number of benzene rings is 1. The van der Waals surface area contributed by atoms with Crippen LogP contribution in [-0.4, -0.2) is 22.0 Å². The molecular weight excluding hydrogens is 256 g/mol. The topological polar surface area (TPSA) is 79.3 Å². The Morgan fingerprint density at radius 2 is 1.75 bits per heavy atom. The maximum Gasteiger partial charge on any atom is 0.352 e. The van der Waals surface area contributed by atoms with Crippen molar-refractivity contribution in [3.8, 4) is 0 Å². The van der Waals surface area contributed by atoms with Crippen molar-refractivity contribution in [3.63, 3.8) is 0 Å². The highest BCUT2D eigenvalue weighted by atomic mass is 16.4. The molecule has 20 heavy (non-hydrogen) atoms. The number of carboxylic acid groups (broad SMARTS) is 1. The molecule has 0 bridgehead atoms. The SMILES string of the molecule is O=C(O)/C(=C\c1ccccn1)NC(=O)c1ccccc1. The van der Waals surface area contributed by atoms with Crippen molar-refractivity contribution in [1.29, 1.82) is 0 Å². The Morgan fingerprint density at radius 3 is 2.35 bits per heavy atom. The Bertz CT molecular complexity index is 637. The van der Waals surface area contributed by atoms with Gasteiger partial charge in [-0.05, 0) is 30.3 Å². The van der Waals surface area contributed by atoms with E-state index < -0.39 is 11.9 Å². The molecule has 0 saturated heterocycles. The van der Waals surface area contributed by atoms with Gasteiger partial charge in [-0.25, -0.2) is 4.79 Å². The predicted molar refractivity (Wildman–Crippen MR) is 73.8 cm³/mol. The van der Waals surface area contributed by atoms with E-state index in [1.807, 2.05) is 0 Å². The molecule has 0 aliphatic heterocycles. The third-order valence-electron chi connectivity index (χ3n) is 2.49. The second-order valence-electron chi connectivity index (χ2n) is 3.94. The van der Waals surface area contributed by atoms with Crippen molar-refractivity contribution < 1.29 is 14.7 Å². The summed E-state index contributed by atoms with van der Waals surface area (Å²) in [5.41, 5.74) is 0.622. The minimum absolute atomic E-state index is 0.224. The number of nitrogens with one attached hydrogen (secondary N) is 1. The monoisotopic (exact) mass is 268 g/mol. The summed E-state index contributed by atoms with van der Waals surface area (Å²) in [5, 5.41) is 11.5. The van der Waals surface area contributed by atoms with E-state index >= 15 is 0 Å². The van der Waals surface area contributed by atoms with Crippen LogP contribution in [0.25, 0.3) is 6.08 Å². The molecule has 5 heteroatoms. The highest BCUT2D eigenvalue weighted by molar-refractivity contribution is 6.02. The van der Waals surface area contributed by atoms with Gasteiger partial charge in [0.2, 0.25) is 0 Å². The number of hydrogen-bond donors (Lipinski definition) is 2. The van der Waals surface area contributed by atoms with Crippen LogP contribution in [-0.2, 0) is 4.79 Å². The minimum atomic E-state index is -1.22. The number of hydrogen-bond acceptors (Lipinski definition) is 3.